The van der Waals surface area contributed by atoms with Crippen molar-refractivity contribution >= 4 is 35.9 Å². The Morgan fingerprint density at radius 1 is 1.08 bits per heavy atom. The summed E-state index contributed by atoms with van der Waals surface area (Å²) in [6, 6.07) is -4.70. The maximum absolute atomic E-state index is 12.9. The van der Waals surface area contributed by atoms with E-state index in [-0.39, 0.29) is 12.8 Å². The molecule has 0 spiro atoms. The third-order valence-electron chi connectivity index (χ3n) is 5.06. The Balaban J connectivity index is 2.92. The van der Waals surface area contributed by atoms with E-state index in [2.05, 4.69) is 30.9 Å². The lowest BCUT2D eigenvalue weighted by Crippen LogP contribution is -2.56. The van der Waals surface area contributed by atoms with Crippen molar-refractivity contribution in [3.05, 3.63) is 18.2 Å². The summed E-state index contributed by atoms with van der Waals surface area (Å²) in [5.41, 5.74) is 5.95. The van der Waals surface area contributed by atoms with Gasteiger partial charge >= 0.3 is 11.9 Å². The molecular weight excluding hydrogens is 474 g/mol. The SMILES string of the molecule is CCC=NC(CC(=O)O)C(=O)NC(C)C(=O)NC(Cc1cnc[nH]1)C(=O)NC(CCCCN)C(=O)O. The van der Waals surface area contributed by atoms with E-state index in [1.54, 1.807) is 6.92 Å². The van der Waals surface area contributed by atoms with E-state index in [4.69, 9.17) is 10.8 Å². The minimum atomic E-state index is -1.23. The molecule has 0 bridgehead atoms. The number of imidazole rings is 1. The van der Waals surface area contributed by atoms with E-state index in [0.717, 1.165) is 0 Å². The molecule has 0 saturated heterocycles. The van der Waals surface area contributed by atoms with Gasteiger partial charge in [0.15, 0.2) is 0 Å². The number of rotatable bonds is 17. The average molecular weight is 510 g/mol. The fourth-order valence-corrected chi connectivity index (χ4v) is 3.13. The smallest absolute Gasteiger partial charge is 0.326 e. The molecule has 14 nitrogen and oxygen atoms in total. The van der Waals surface area contributed by atoms with Crippen LogP contribution in [-0.2, 0) is 30.4 Å². The van der Waals surface area contributed by atoms with Gasteiger partial charge in [-0.3, -0.25) is 24.2 Å². The predicted molar refractivity (Wildman–Crippen MR) is 129 cm³/mol. The van der Waals surface area contributed by atoms with Crippen molar-refractivity contribution in [1.82, 2.24) is 25.9 Å². The van der Waals surface area contributed by atoms with Gasteiger partial charge in [0.25, 0.3) is 0 Å². The Hall–Kier alpha value is -3.81. The van der Waals surface area contributed by atoms with E-state index in [1.165, 1.54) is 25.7 Å². The maximum atomic E-state index is 12.9. The largest absolute Gasteiger partial charge is 0.481 e. The first-order valence-corrected chi connectivity index (χ1v) is 11.6. The van der Waals surface area contributed by atoms with Crippen molar-refractivity contribution in [3.63, 3.8) is 0 Å². The van der Waals surface area contributed by atoms with Crippen LogP contribution in [0.15, 0.2) is 17.5 Å². The molecule has 0 fully saturated rings. The molecule has 14 heteroatoms. The number of nitrogens with two attached hydrogens (primary N) is 1. The first-order chi connectivity index (χ1) is 17.1. The van der Waals surface area contributed by atoms with Crippen molar-refractivity contribution < 1.29 is 34.2 Å². The molecule has 1 aromatic rings. The molecule has 0 radical (unpaired) electrons. The van der Waals surface area contributed by atoms with Gasteiger partial charge in [0.05, 0.1) is 12.7 Å². The molecule has 4 unspecified atom stereocenters. The van der Waals surface area contributed by atoms with Gasteiger partial charge in [-0.1, -0.05) is 6.92 Å². The molecule has 0 aliphatic rings. The van der Waals surface area contributed by atoms with Gasteiger partial charge in [0.1, 0.15) is 24.2 Å². The molecule has 0 aliphatic carbocycles. The molecule has 8 N–H and O–H groups in total. The molecule has 0 saturated carbocycles. The predicted octanol–water partition coefficient (Wildman–Crippen LogP) is -1.04. The standard InChI is InChI=1S/C22H35N7O7/c1-3-8-25-16(10-18(30)31)20(33)27-13(2)19(32)29-17(9-14-11-24-12-26-14)21(34)28-15(22(35)36)6-4-5-7-23/h8,11-13,15-17H,3-7,9-10,23H2,1-2H3,(H,24,26)(H,27,33)(H,28,34)(H,29,32)(H,30,31)(H,35,36). The van der Waals surface area contributed by atoms with Crippen LogP contribution in [0.1, 0.15) is 51.6 Å². The van der Waals surface area contributed by atoms with Gasteiger partial charge < -0.3 is 36.9 Å². The molecule has 36 heavy (non-hydrogen) atoms. The second kappa shape index (κ2) is 16.0. The number of aliphatic imine (C=N–C) groups is 1. The van der Waals surface area contributed by atoms with Gasteiger partial charge in [-0.25, -0.2) is 9.78 Å². The van der Waals surface area contributed by atoms with Crippen molar-refractivity contribution in [2.75, 3.05) is 6.54 Å². The Morgan fingerprint density at radius 2 is 1.78 bits per heavy atom. The van der Waals surface area contributed by atoms with Crippen LogP contribution >= 0.6 is 0 Å². The van der Waals surface area contributed by atoms with Crippen LogP contribution in [0, 0.1) is 0 Å². The first-order valence-electron chi connectivity index (χ1n) is 11.6. The van der Waals surface area contributed by atoms with Crippen LogP contribution in [0.2, 0.25) is 0 Å². The van der Waals surface area contributed by atoms with Crippen LogP contribution in [-0.4, -0.2) is 86.8 Å². The Labute approximate surface area is 208 Å². The number of carbonyl (C=O) groups excluding carboxylic acids is 3. The monoisotopic (exact) mass is 509 g/mol. The first kappa shape index (κ1) is 30.2. The van der Waals surface area contributed by atoms with Crippen LogP contribution in [0.3, 0.4) is 0 Å². The number of H-pyrrole nitrogens is 1. The van der Waals surface area contributed by atoms with Gasteiger partial charge in [-0.15, -0.1) is 0 Å². The number of nitrogens with zero attached hydrogens (tertiary/aromatic N) is 2. The number of hydrogen-bond acceptors (Lipinski definition) is 8. The number of aromatic nitrogens is 2. The molecular formula is C22H35N7O7. The van der Waals surface area contributed by atoms with Gasteiger partial charge in [-0.2, -0.15) is 0 Å². The van der Waals surface area contributed by atoms with E-state index in [1.807, 2.05) is 0 Å². The number of carboxylic acid groups (broad SMARTS) is 2. The minimum absolute atomic E-state index is 0.0180. The molecule has 1 aromatic heterocycles. The van der Waals surface area contributed by atoms with E-state index in [9.17, 15) is 29.1 Å². The highest BCUT2D eigenvalue weighted by Gasteiger charge is 2.30. The summed E-state index contributed by atoms with van der Waals surface area (Å²) in [6.07, 6.45) is 5.43. The van der Waals surface area contributed by atoms with Crippen molar-refractivity contribution in [2.24, 2.45) is 10.7 Å². The molecule has 0 aromatic carbocycles. The molecule has 1 rings (SSSR count). The summed E-state index contributed by atoms with van der Waals surface area (Å²) in [5.74, 6) is -4.66. The highest BCUT2D eigenvalue weighted by molar-refractivity contribution is 5.95. The number of unbranched alkanes of at least 4 members (excludes halogenated alkanes) is 1. The summed E-state index contributed by atoms with van der Waals surface area (Å²) in [7, 11) is 0. The van der Waals surface area contributed by atoms with Crippen molar-refractivity contribution in [1.29, 1.82) is 0 Å². The summed E-state index contributed by atoms with van der Waals surface area (Å²) >= 11 is 0. The van der Waals surface area contributed by atoms with E-state index in [0.29, 0.717) is 31.5 Å². The number of aliphatic carboxylic acids is 2. The number of aromatic amines is 1. The quantitative estimate of drug-likeness (QED) is 0.100. The molecule has 0 aliphatic heterocycles. The Kier molecular flexibility index (Phi) is 13.4. The molecule has 200 valence electrons. The molecule has 1 heterocycles. The summed E-state index contributed by atoms with van der Waals surface area (Å²) in [4.78, 5) is 71.5. The fraction of sp³-hybridized carbons (Fsp3) is 0.591. The normalized spacial score (nSPS) is 14.4. The number of nitrogens with one attached hydrogen (secondary N) is 4. The zero-order valence-electron chi connectivity index (χ0n) is 20.4. The number of carboxylic acids is 2. The number of hydrogen-bond donors (Lipinski definition) is 7. The third kappa shape index (κ3) is 11.1. The Morgan fingerprint density at radius 3 is 2.33 bits per heavy atom. The fourth-order valence-electron chi connectivity index (χ4n) is 3.13. The maximum Gasteiger partial charge on any atom is 0.326 e. The molecule has 4 atom stereocenters. The van der Waals surface area contributed by atoms with E-state index < -0.39 is 60.2 Å². The van der Waals surface area contributed by atoms with Crippen molar-refractivity contribution in [3.8, 4) is 0 Å². The lowest BCUT2D eigenvalue weighted by atomic mass is 10.1. The summed E-state index contributed by atoms with van der Waals surface area (Å²) in [6.45, 7) is 3.53. The van der Waals surface area contributed by atoms with Gasteiger partial charge in [-0.05, 0) is 45.4 Å². The zero-order chi connectivity index (χ0) is 27.1. The minimum Gasteiger partial charge on any atom is -0.481 e. The van der Waals surface area contributed by atoms with Crippen LogP contribution in [0.25, 0.3) is 0 Å². The number of amides is 3. The number of carbonyl (C=O) groups is 5. The second-order valence-corrected chi connectivity index (χ2v) is 8.11. The molecule has 3 amide bonds. The summed E-state index contributed by atoms with van der Waals surface area (Å²) in [5, 5.41) is 25.8. The Bertz CT molecular complexity index is 905. The van der Waals surface area contributed by atoms with Crippen LogP contribution in [0.4, 0.5) is 0 Å². The lowest BCUT2D eigenvalue weighted by Gasteiger charge is -2.23. The van der Waals surface area contributed by atoms with Crippen LogP contribution in [0.5, 0.6) is 0 Å². The second-order valence-electron chi connectivity index (χ2n) is 8.11. The van der Waals surface area contributed by atoms with E-state index >= 15 is 0 Å². The lowest BCUT2D eigenvalue weighted by molar-refractivity contribution is -0.142. The average Bonchev–Trinajstić information content (AvgIpc) is 3.33. The third-order valence-corrected chi connectivity index (χ3v) is 5.06. The van der Waals surface area contributed by atoms with Gasteiger partial charge in [0.2, 0.25) is 17.7 Å². The van der Waals surface area contributed by atoms with Crippen LogP contribution < -0.4 is 21.7 Å². The zero-order valence-corrected chi connectivity index (χ0v) is 20.4. The highest BCUT2D eigenvalue weighted by Crippen LogP contribution is 2.05. The topological polar surface area (TPSA) is 229 Å². The van der Waals surface area contributed by atoms with Crippen molar-refractivity contribution in [2.45, 2.75) is 76.5 Å². The van der Waals surface area contributed by atoms with Gasteiger partial charge in [0, 0.05) is 18.3 Å². The highest BCUT2D eigenvalue weighted by atomic mass is 16.4. The summed E-state index contributed by atoms with van der Waals surface area (Å²) < 4.78 is 0.